The normalized spacial score (nSPS) is 16.1. The Labute approximate surface area is 111 Å². The summed E-state index contributed by atoms with van der Waals surface area (Å²) >= 11 is 0. The zero-order valence-electron chi connectivity index (χ0n) is 10.7. The Balaban J connectivity index is 1.67. The predicted octanol–water partition coefficient (Wildman–Crippen LogP) is 1.28. The van der Waals surface area contributed by atoms with Crippen LogP contribution in [-0.2, 0) is 4.74 Å². The summed E-state index contributed by atoms with van der Waals surface area (Å²) < 4.78 is 18.2. The molecular weight excluding hydrogens is 249 g/mol. The number of hydrogen-bond acceptors (Lipinski definition) is 3. The lowest BCUT2D eigenvalue weighted by atomic mass is 10.3. The standard InChI is InChI=1S/C13H18FN3O2/c14-11-2-1-3-12(10-11)16-13(18)15-4-5-17-6-8-19-9-7-17/h1-3,10H,4-9H2,(H2,15,16,18). The Morgan fingerprint density at radius 2 is 2.16 bits per heavy atom. The van der Waals surface area contributed by atoms with Crippen molar-refractivity contribution in [1.82, 2.24) is 10.2 Å². The monoisotopic (exact) mass is 267 g/mol. The van der Waals surface area contributed by atoms with Gasteiger partial charge in [0.1, 0.15) is 5.82 Å². The van der Waals surface area contributed by atoms with Gasteiger partial charge in [-0.15, -0.1) is 0 Å². The van der Waals surface area contributed by atoms with Crippen molar-refractivity contribution in [2.45, 2.75) is 0 Å². The lowest BCUT2D eigenvalue weighted by Gasteiger charge is -2.26. The van der Waals surface area contributed by atoms with E-state index in [1.165, 1.54) is 12.1 Å². The van der Waals surface area contributed by atoms with Gasteiger partial charge in [0.15, 0.2) is 0 Å². The van der Waals surface area contributed by atoms with E-state index in [4.69, 9.17) is 4.74 Å². The van der Waals surface area contributed by atoms with Gasteiger partial charge < -0.3 is 15.4 Å². The molecule has 2 rings (SSSR count). The number of carbonyl (C=O) groups is 1. The van der Waals surface area contributed by atoms with Gasteiger partial charge in [-0.1, -0.05) is 6.07 Å². The van der Waals surface area contributed by atoms with Gasteiger partial charge in [0.2, 0.25) is 0 Å². The van der Waals surface area contributed by atoms with Crippen molar-refractivity contribution in [3.8, 4) is 0 Å². The number of amides is 2. The number of anilines is 1. The second-order valence-corrected chi connectivity index (χ2v) is 4.35. The second-order valence-electron chi connectivity index (χ2n) is 4.35. The molecule has 19 heavy (non-hydrogen) atoms. The zero-order chi connectivity index (χ0) is 13.5. The third-order valence-electron chi connectivity index (χ3n) is 2.90. The average molecular weight is 267 g/mol. The Morgan fingerprint density at radius 3 is 2.89 bits per heavy atom. The smallest absolute Gasteiger partial charge is 0.319 e. The highest BCUT2D eigenvalue weighted by Crippen LogP contribution is 2.08. The molecule has 0 radical (unpaired) electrons. The third-order valence-corrected chi connectivity index (χ3v) is 2.90. The molecule has 1 fully saturated rings. The number of hydrogen-bond donors (Lipinski definition) is 2. The molecule has 1 aromatic carbocycles. The van der Waals surface area contributed by atoms with Crippen LogP contribution >= 0.6 is 0 Å². The molecule has 0 saturated carbocycles. The van der Waals surface area contributed by atoms with Gasteiger partial charge in [0, 0.05) is 31.9 Å². The molecule has 6 heteroatoms. The highest BCUT2D eigenvalue weighted by atomic mass is 19.1. The maximum absolute atomic E-state index is 12.9. The van der Waals surface area contributed by atoms with Crippen molar-refractivity contribution in [3.05, 3.63) is 30.1 Å². The Kier molecular flexibility index (Phi) is 5.11. The predicted molar refractivity (Wildman–Crippen MR) is 70.7 cm³/mol. The Bertz CT molecular complexity index is 422. The van der Waals surface area contributed by atoms with Crippen LogP contribution in [0.5, 0.6) is 0 Å². The van der Waals surface area contributed by atoms with E-state index in [9.17, 15) is 9.18 Å². The highest BCUT2D eigenvalue weighted by molar-refractivity contribution is 5.89. The van der Waals surface area contributed by atoms with Gasteiger partial charge in [-0.05, 0) is 18.2 Å². The van der Waals surface area contributed by atoms with Crippen molar-refractivity contribution < 1.29 is 13.9 Å². The van der Waals surface area contributed by atoms with Crippen LogP contribution in [0.4, 0.5) is 14.9 Å². The first-order valence-corrected chi connectivity index (χ1v) is 6.34. The number of ether oxygens (including phenoxy) is 1. The fraction of sp³-hybridized carbons (Fsp3) is 0.462. The molecule has 104 valence electrons. The molecule has 1 aliphatic rings. The van der Waals surface area contributed by atoms with Crippen LogP contribution in [0.25, 0.3) is 0 Å². The minimum Gasteiger partial charge on any atom is -0.379 e. The second kappa shape index (κ2) is 7.06. The number of carbonyl (C=O) groups excluding carboxylic acids is 1. The van der Waals surface area contributed by atoms with Gasteiger partial charge in [-0.2, -0.15) is 0 Å². The summed E-state index contributed by atoms with van der Waals surface area (Å²) in [6.07, 6.45) is 0. The molecule has 5 nitrogen and oxygen atoms in total. The number of morpholine rings is 1. The summed E-state index contributed by atoms with van der Waals surface area (Å²) in [4.78, 5) is 13.8. The quantitative estimate of drug-likeness (QED) is 0.864. The van der Waals surface area contributed by atoms with Crippen molar-refractivity contribution in [3.63, 3.8) is 0 Å². The van der Waals surface area contributed by atoms with E-state index in [0.717, 1.165) is 32.8 Å². The minimum absolute atomic E-state index is 0.321. The van der Waals surface area contributed by atoms with Gasteiger partial charge in [-0.3, -0.25) is 4.90 Å². The molecule has 1 aliphatic heterocycles. The third kappa shape index (κ3) is 4.84. The summed E-state index contributed by atoms with van der Waals surface area (Å²) in [6, 6.07) is 5.49. The number of rotatable bonds is 4. The molecule has 0 bridgehead atoms. The topological polar surface area (TPSA) is 53.6 Å². The lowest BCUT2D eigenvalue weighted by Crippen LogP contribution is -2.42. The molecule has 2 N–H and O–H groups in total. The number of nitrogens with one attached hydrogen (secondary N) is 2. The van der Waals surface area contributed by atoms with E-state index < -0.39 is 0 Å². The van der Waals surface area contributed by atoms with E-state index in [1.807, 2.05) is 0 Å². The fourth-order valence-electron chi connectivity index (χ4n) is 1.89. The molecule has 1 heterocycles. The molecule has 0 aliphatic carbocycles. The fourth-order valence-corrected chi connectivity index (χ4v) is 1.89. The SMILES string of the molecule is O=C(NCCN1CCOCC1)Nc1cccc(F)c1. The summed E-state index contributed by atoms with van der Waals surface area (Å²) in [6.45, 7) is 4.63. The lowest BCUT2D eigenvalue weighted by molar-refractivity contribution is 0.0388. The Morgan fingerprint density at radius 1 is 1.37 bits per heavy atom. The molecule has 2 amide bonds. The summed E-state index contributed by atoms with van der Waals surface area (Å²) in [7, 11) is 0. The number of halogens is 1. The van der Waals surface area contributed by atoms with E-state index >= 15 is 0 Å². The molecule has 0 spiro atoms. The van der Waals surface area contributed by atoms with Crippen LogP contribution in [0.2, 0.25) is 0 Å². The van der Waals surface area contributed by atoms with Crippen molar-refractivity contribution in [2.75, 3.05) is 44.7 Å². The first-order chi connectivity index (χ1) is 9.24. The van der Waals surface area contributed by atoms with Crippen LogP contribution in [0.3, 0.4) is 0 Å². The molecule has 1 aromatic rings. The van der Waals surface area contributed by atoms with E-state index in [1.54, 1.807) is 12.1 Å². The van der Waals surface area contributed by atoms with Crippen molar-refractivity contribution in [2.24, 2.45) is 0 Å². The van der Waals surface area contributed by atoms with Crippen LogP contribution in [0.15, 0.2) is 24.3 Å². The zero-order valence-corrected chi connectivity index (χ0v) is 10.7. The van der Waals surface area contributed by atoms with Gasteiger partial charge in [0.05, 0.1) is 13.2 Å². The number of nitrogens with zero attached hydrogens (tertiary/aromatic N) is 1. The van der Waals surface area contributed by atoms with E-state index in [0.29, 0.717) is 12.2 Å². The Hall–Kier alpha value is -1.66. The largest absolute Gasteiger partial charge is 0.379 e. The highest BCUT2D eigenvalue weighted by Gasteiger charge is 2.10. The maximum atomic E-state index is 12.9. The van der Waals surface area contributed by atoms with Crippen molar-refractivity contribution in [1.29, 1.82) is 0 Å². The molecule has 0 unspecified atom stereocenters. The first kappa shape index (κ1) is 13.8. The summed E-state index contributed by atoms with van der Waals surface area (Å²) in [5, 5.41) is 5.33. The van der Waals surface area contributed by atoms with Gasteiger partial charge in [0.25, 0.3) is 0 Å². The van der Waals surface area contributed by atoms with Crippen LogP contribution < -0.4 is 10.6 Å². The van der Waals surface area contributed by atoms with Crippen LogP contribution in [0.1, 0.15) is 0 Å². The molecule has 0 atom stereocenters. The number of benzene rings is 1. The first-order valence-electron chi connectivity index (χ1n) is 6.34. The number of urea groups is 1. The van der Waals surface area contributed by atoms with Crippen LogP contribution in [0, 0.1) is 5.82 Å². The molecular formula is C13H18FN3O2. The molecule has 1 saturated heterocycles. The van der Waals surface area contributed by atoms with Crippen molar-refractivity contribution >= 4 is 11.7 Å². The maximum Gasteiger partial charge on any atom is 0.319 e. The summed E-state index contributed by atoms with van der Waals surface area (Å²) in [5.41, 5.74) is 0.448. The minimum atomic E-state index is -0.369. The van der Waals surface area contributed by atoms with E-state index in [2.05, 4.69) is 15.5 Å². The van der Waals surface area contributed by atoms with Gasteiger partial charge in [-0.25, -0.2) is 9.18 Å². The molecule has 0 aromatic heterocycles. The average Bonchev–Trinajstić information content (AvgIpc) is 2.40. The van der Waals surface area contributed by atoms with Gasteiger partial charge >= 0.3 is 6.03 Å². The van der Waals surface area contributed by atoms with E-state index in [-0.39, 0.29) is 11.8 Å². The summed E-state index contributed by atoms with van der Waals surface area (Å²) in [5.74, 6) is -0.369. The van der Waals surface area contributed by atoms with Crippen LogP contribution in [-0.4, -0.2) is 50.3 Å².